The summed E-state index contributed by atoms with van der Waals surface area (Å²) in [6.45, 7) is 9.18. The number of rotatable bonds is 20. The molecule has 0 radical (unpaired) electrons. The van der Waals surface area contributed by atoms with Crippen LogP contribution < -0.4 is 0 Å². The van der Waals surface area contributed by atoms with Gasteiger partial charge >= 0.3 is 0 Å². The van der Waals surface area contributed by atoms with Crippen LogP contribution in [0.3, 0.4) is 0 Å². The highest BCUT2D eigenvalue weighted by Gasteiger charge is 2.08. The molecule has 2 heteroatoms. The van der Waals surface area contributed by atoms with Gasteiger partial charge in [0.05, 0.1) is 0 Å². The van der Waals surface area contributed by atoms with Gasteiger partial charge < -0.3 is 9.80 Å². The molecule has 1 aromatic rings. The fourth-order valence-electron chi connectivity index (χ4n) is 4.28. The summed E-state index contributed by atoms with van der Waals surface area (Å²) in [5, 5.41) is 0. The van der Waals surface area contributed by atoms with Crippen LogP contribution in [0.25, 0.3) is 0 Å². The summed E-state index contributed by atoms with van der Waals surface area (Å²) < 4.78 is 0. The first-order valence-corrected chi connectivity index (χ1v) is 13.1. The van der Waals surface area contributed by atoms with Gasteiger partial charge in [-0.1, -0.05) is 115 Å². The quantitative estimate of drug-likeness (QED) is 0.198. The number of hydrogen-bond acceptors (Lipinski definition) is 2. The first kappa shape index (κ1) is 27.2. The van der Waals surface area contributed by atoms with Crippen molar-refractivity contribution >= 4 is 0 Å². The largest absolute Gasteiger partial charge is 0.302 e. The first-order chi connectivity index (χ1) is 14.7. The van der Waals surface area contributed by atoms with Gasteiger partial charge in [-0.25, -0.2) is 0 Å². The third-order valence-electron chi connectivity index (χ3n) is 6.29. The molecule has 0 N–H and O–H groups in total. The number of unbranched alkanes of at least 4 members (excludes halogenated alkanes) is 12. The van der Waals surface area contributed by atoms with Gasteiger partial charge in [-0.2, -0.15) is 0 Å². The summed E-state index contributed by atoms with van der Waals surface area (Å²) in [4.78, 5) is 5.03. The molecule has 30 heavy (non-hydrogen) atoms. The van der Waals surface area contributed by atoms with Crippen LogP contribution in [0.15, 0.2) is 24.3 Å². The molecule has 0 aliphatic rings. The van der Waals surface area contributed by atoms with E-state index in [1.165, 1.54) is 114 Å². The second-order valence-electron chi connectivity index (χ2n) is 9.49. The highest BCUT2D eigenvalue weighted by Crippen LogP contribution is 2.15. The van der Waals surface area contributed by atoms with E-state index in [1.54, 1.807) is 0 Å². The lowest BCUT2D eigenvalue weighted by Gasteiger charge is -2.22. The summed E-state index contributed by atoms with van der Waals surface area (Å²) in [7, 11) is 4.58. The minimum atomic E-state index is 1.08. The van der Waals surface area contributed by atoms with Crippen molar-refractivity contribution in [2.45, 2.75) is 117 Å². The zero-order valence-corrected chi connectivity index (χ0v) is 20.9. The SMILES string of the molecule is CCCCCCCCCN(C)Cc1ccccc1CN(C)CCCCCCCCC. The maximum atomic E-state index is 2.52. The molecule has 1 aromatic carbocycles. The molecule has 0 aromatic heterocycles. The Morgan fingerprint density at radius 3 is 1.20 bits per heavy atom. The minimum absolute atomic E-state index is 1.08. The summed E-state index contributed by atoms with van der Waals surface area (Å²) >= 11 is 0. The maximum absolute atomic E-state index is 2.52. The molecule has 0 saturated carbocycles. The monoisotopic (exact) mass is 416 g/mol. The Morgan fingerprint density at radius 2 is 0.833 bits per heavy atom. The van der Waals surface area contributed by atoms with Crippen LogP contribution in [0.1, 0.15) is 115 Å². The maximum Gasteiger partial charge on any atom is 0.0233 e. The van der Waals surface area contributed by atoms with Gasteiger partial charge in [0.2, 0.25) is 0 Å². The van der Waals surface area contributed by atoms with Gasteiger partial charge in [-0.05, 0) is 51.2 Å². The summed E-state index contributed by atoms with van der Waals surface area (Å²) in [6, 6.07) is 9.07. The lowest BCUT2D eigenvalue weighted by atomic mass is 10.1. The van der Waals surface area contributed by atoms with E-state index in [0.29, 0.717) is 0 Å². The van der Waals surface area contributed by atoms with E-state index >= 15 is 0 Å². The summed E-state index contributed by atoms with van der Waals surface area (Å²) in [5.74, 6) is 0. The van der Waals surface area contributed by atoms with E-state index in [-0.39, 0.29) is 0 Å². The Bertz CT molecular complexity index is 454. The molecule has 0 fully saturated rings. The van der Waals surface area contributed by atoms with E-state index < -0.39 is 0 Å². The Morgan fingerprint density at radius 1 is 0.500 bits per heavy atom. The molecule has 0 saturated heterocycles. The van der Waals surface area contributed by atoms with Crippen LogP contribution in [-0.4, -0.2) is 37.0 Å². The average molecular weight is 417 g/mol. The van der Waals surface area contributed by atoms with Crippen molar-refractivity contribution in [1.29, 1.82) is 0 Å². The van der Waals surface area contributed by atoms with E-state index in [4.69, 9.17) is 0 Å². The smallest absolute Gasteiger partial charge is 0.0233 e. The Hall–Kier alpha value is -0.860. The molecule has 174 valence electrons. The lowest BCUT2D eigenvalue weighted by molar-refractivity contribution is 0.301. The molecule has 2 nitrogen and oxygen atoms in total. The van der Waals surface area contributed by atoms with Crippen molar-refractivity contribution in [2.24, 2.45) is 0 Å². The van der Waals surface area contributed by atoms with E-state index in [1.807, 2.05) is 0 Å². The van der Waals surface area contributed by atoms with Crippen molar-refractivity contribution in [3.8, 4) is 0 Å². The Balaban J connectivity index is 2.25. The van der Waals surface area contributed by atoms with E-state index in [0.717, 1.165) is 13.1 Å². The van der Waals surface area contributed by atoms with Crippen molar-refractivity contribution in [2.75, 3.05) is 27.2 Å². The molecule has 0 amide bonds. The molecule has 0 spiro atoms. The van der Waals surface area contributed by atoms with Gasteiger partial charge in [0.25, 0.3) is 0 Å². The van der Waals surface area contributed by atoms with Gasteiger partial charge in [-0.3, -0.25) is 0 Å². The molecule has 0 aliphatic heterocycles. The molecule has 0 bridgehead atoms. The van der Waals surface area contributed by atoms with Gasteiger partial charge in [0.15, 0.2) is 0 Å². The normalized spacial score (nSPS) is 11.7. The topological polar surface area (TPSA) is 6.48 Å². The Labute approximate surface area is 189 Å². The molecule has 0 aliphatic carbocycles. The zero-order valence-electron chi connectivity index (χ0n) is 20.9. The van der Waals surface area contributed by atoms with Gasteiger partial charge in [-0.15, -0.1) is 0 Å². The number of hydrogen-bond donors (Lipinski definition) is 0. The van der Waals surface area contributed by atoms with Crippen LogP contribution in [0.5, 0.6) is 0 Å². The summed E-state index contributed by atoms with van der Waals surface area (Å²) in [6.07, 6.45) is 19.5. The Kier molecular flexibility index (Phi) is 17.1. The van der Waals surface area contributed by atoms with Gasteiger partial charge in [0.1, 0.15) is 0 Å². The van der Waals surface area contributed by atoms with Crippen molar-refractivity contribution < 1.29 is 0 Å². The zero-order chi connectivity index (χ0) is 21.9. The third-order valence-corrected chi connectivity index (χ3v) is 6.29. The van der Waals surface area contributed by atoms with Gasteiger partial charge in [0, 0.05) is 13.1 Å². The van der Waals surface area contributed by atoms with E-state index in [9.17, 15) is 0 Å². The predicted molar refractivity (Wildman–Crippen MR) is 135 cm³/mol. The highest BCUT2D eigenvalue weighted by molar-refractivity contribution is 5.27. The molecular weight excluding hydrogens is 364 g/mol. The minimum Gasteiger partial charge on any atom is -0.302 e. The fourth-order valence-corrected chi connectivity index (χ4v) is 4.28. The lowest BCUT2D eigenvalue weighted by Crippen LogP contribution is -2.23. The van der Waals surface area contributed by atoms with Crippen LogP contribution in [0.2, 0.25) is 0 Å². The molecular formula is C28H52N2. The highest BCUT2D eigenvalue weighted by atomic mass is 15.1. The van der Waals surface area contributed by atoms with Crippen LogP contribution in [0.4, 0.5) is 0 Å². The first-order valence-electron chi connectivity index (χ1n) is 13.1. The standard InChI is InChI=1S/C28H52N2/c1-5-7-9-11-13-15-19-23-29(3)25-27-21-17-18-22-28(27)26-30(4)24-20-16-14-12-10-8-6-2/h17-18,21-22H,5-16,19-20,23-26H2,1-4H3. The van der Waals surface area contributed by atoms with Crippen LogP contribution >= 0.6 is 0 Å². The number of benzene rings is 1. The third kappa shape index (κ3) is 14.2. The second-order valence-corrected chi connectivity index (χ2v) is 9.49. The molecule has 0 heterocycles. The molecule has 0 atom stereocenters. The predicted octanol–water partition coefficient (Wildman–Crippen LogP) is 8.05. The van der Waals surface area contributed by atoms with Crippen molar-refractivity contribution in [3.05, 3.63) is 35.4 Å². The molecule has 0 unspecified atom stereocenters. The second kappa shape index (κ2) is 18.9. The van der Waals surface area contributed by atoms with Crippen LogP contribution in [-0.2, 0) is 13.1 Å². The van der Waals surface area contributed by atoms with Crippen molar-refractivity contribution in [1.82, 2.24) is 9.80 Å². The van der Waals surface area contributed by atoms with E-state index in [2.05, 4.69) is 62.0 Å². The fraction of sp³-hybridized carbons (Fsp3) is 0.786. The van der Waals surface area contributed by atoms with Crippen LogP contribution in [0, 0.1) is 0 Å². The van der Waals surface area contributed by atoms with Crippen molar-refractivity contribution in [3.63, 3.8) is 0 Å². The average Bonchev–Trinajstić information content (AvgIpc) is 2.74. The number of nitrogens with zero attached hydrogens (tertiary/aromatic N) is 2. The molecule has 1 rings (SSSR count). The summed E-state index contributed by atoms with van der Waals surface area (Å²) in [5.41, 5.74) is 3.02.